The minimum atomic E-state index is 0.245. The summed E-state index contributed by atoms with van der Waals surface area (Å²) in [4.78, 5) is 13.5. The van der Waals surface area contributed by atoms with Crippen LogP contribution in [0.5, 0.6) is 0 Å². The van der Waals surface area contributed by atoms with E-state index in [1.165, 1.54) is 0 Å². The van der Waals surface area contributed by atoms with Gasteiger partial charge in [-0.3, -0.25) is 4.79 Å². The molecule has 1 aromatic carbocycles. The van der Waals surface area contributed by atoms with Crippen LogP contribution >= 0.6 is 15.9 Å². The molecule has 1 heterocycles. The highest BCUT2D eigenvalue weighted by atomic mass is 79.9. The average molecular weight is 254 g/mol. The molecule has 14 heavy (non-hydrogen) atoms. The zero-order chi connectivity index (χ0) is 9.97. The number of anilines is 1. The molecular formula is C11H12BrNO. The van der Waals surface area contributed by atoms with Crippen LogP contribution in [0.1, 0.15) is 19.3 Å². The smallest absolute Gasteiger partial charge is 0.226 e. The van der Waals surface area contributed by atoms with Crippen molar-refractivity contribution in [3.63, 3.8) is 0 Å². The molecule has 1 fully saturated rings. The maximum atomic E-state index is 11.6. The highest BCUT2D eigenvalue weighted by molar-refractivity contribution is 9.10. The van der Waals surface area contributed by atoms with E-state index in [9.17, 15) is 4.79 Å². The summed E-state index contributed by atoms with van der Waals surface area (Å²) in [7, 11) is 0. The van der Waals surface area contributed by atoms with Crippen molar-refractivity contribution in [2.45, 2.75) is 19.3 Å². The first kappa shape index (κ1) is 9.71. The lowest BCUT2D eigenvalue weighted by Gasteiger charge is -2.26. The van der Waals surface area contributed by atoms with E-state index in [0.29, 0.717) is 6.42 Å². The van der Waals surface area contributed by atoms with Gasteiger partial charge in [-0.1, -0.05) is 22.0 Å². The molecule has 0 bridgehead atoms. The number of halogens is 1. The SMILES string of the molecule is O=C1CCCCN1c1cccc(Br)c1. The van der Waals surface area contributed by atoms with E-state index in [0.717, 1.165) is 29.5 Å². The third-order valence-electron chi connectivity index (χ3n) is 2.44. The van der Waals surface area contributed by atoms with E-state index >= 15 is 0 Å². The molecule has 0 aliphatic carbocycles. The van der Waals surface area contributed by atoms with Crippen LogP contribution in [0.3, 0.4) is 0 Å². The standard InChI is InChI=1S/C11H12BrNO/c12-9-4-3-5-10(8-9)13-7-2-1-6-11(13)14/h3-5,8H,1-2,6-7H2. The Hall–Kier alpha value is -0.830. The van der Waals surface area contributed by atoms with Crippen molar-refractivity contribution in [2.24, 2.45) is 0 Å². The molecule has 1 aromatic rings. The van der Waals surface area contributed by atoms with Crippen LogP contribution in [-0.4, -0.2) is 12.5 Å². The van der Waals surface area contributed by atoms with E-state index < -0.39 is 0 Å². The van der Waals surface area contributed by atoms with Crippen LogP contribution in [0.4, 0.5) is 5.69 Å². The van der Waals surface area contributed by atoms with Crippen LogP contribution in [0.15, 0.2) is 28.7 Å². The molecule has 0 radical (unpaired) electrons. The van der Waals surface area contributed by atoms with Gasteiger partial charge in [0.15, 0.2) is 0 Å². The van der Waals surface area contributed by atoms with Gasteiger partial charge < -0.3 is 4.90 Å². The third-order valence-corrected chi connectivity index (χ3v) is 2.94. The van der Waals surface area contributed by atoms with Crippen molar-refractivity contribution in [3.05, 3.63) is 28.7 Å². The summed E-state index contributed by atoms with van der Waals surface area (Å²) in [5.74, 6) is 0.245. The summed E-state index contributed by atoms with van der Waals surface area (Å²) in [6, 6.07) is 7.90. The second kappa shape index (κ2) is 4.13. The van der Waals surface area contributed by atoms with Crippen molar-refractivity contribution in [2.75, 3.05) is 11.4 Å². The van der Waals surface area contributed by atoms with Crippen molar-refractivity contribution in [3.8, 4) is 0 Å². The number of carbonyl (C=O) groups is 1. The predicted octanol–water partition coefficient (Wildman–Crippen LogP) is 2.97. The Morgan fingerprint density at radius 2 is 2.14 bits per heavy atom. The fourth-order valence-electron chi connectivity index (χ4n) is 1.72. The molecule has 3 heteroatoms. The molecule has 1 aliphatic rings. The first-order valence-electron chi connectivity index (χ1n) is 4.83. The first-order chi connectivity index (χ1) is 6.77. The van der Waals surface area contributed by atoms with Crippen LogP contribution in [-0.2, 0) is 4.79 Å². The monoisotopic (exact) mass is 253 g/mol. The Morgan fingerprint density at radius 3 is 2.86 bits per heavy atom. The molecule has 1 saturated heterocycles. The number of amides is 1. The van der Waals surface area contributed by atoms with Crippen molar-refractivity contribution < 1.29 is 4.79 Å². The topological polar surface area (TPSA) is 20.3 Å². The Balaban J connectivity index is 2.24. The second-order valence-corrected chi connectivity index (χ2v) is 4.40. The van der Waals surface area contributed by atoms with E-state index in [-0.39, 0.29) is 5.91 Å². The number of nitrogens with zero attached hydrogens (tertiary/aromatic N) is 1. The molecule has 2 nitrogen and oxygen atoms in total. The van der Waals surface area contributed by atoms with Gasteiger partial charge in [0.05, 0.1) is 0 Å². The molecule has 0 saturated carbocycles. The van der Waals surface area contributed by atoms with Crippen LogP contribution in [0, 0.1) is 0 Å². The number of hydrogen-bond donors (Lipinski definition) is 0. The van der Waals surface area contributed by atoms with Gasteiger partial charge in [-0.2, -0.15) is 0 Å². The highest BCUT2D eigenvalue weighted by Crippen LogP contribution is 2.23. The molecule has 1 amide bonds. The maximum Gasteiger partial charge on any atom is 0.226 e. The Kier molecular flexibility index (Phi) is 2.87. The normalized spacial score (nSPS) is 17.2. The number of benzene rings is 1. The third kappa shape index (κ3) is 1.98. The Labute approximate surface area is 92.0 Å². The van der Waals surface area contributed by atoms with Gasteiger partial charge in [-0.15, -0.1) is 0 Å². The van der Waals surface area contributed by atoms with Gasteiger partial charge in [0, 0.05) is 23.1 Å². The summed E-state index contributed by atoms with van der Waals surface area (Å²) in [5.41, 5.74) is 1.00. The van der Waals surface area contributed by atoms with Crippen LogP contribution in [0.2, 0.25) is 0 Å². The molecule has 1 aliphatic heterocycles. The molecule has 0 aromatic heterocycles. The van der Waals surface area contributed by atoms with E-state index in [2.05, 4.69) is 15.9 Å². The van der Waals surface area contributed by atoms with Crippen molar-refractivity contribution >= 4 is 27.5 Å². The quantitative estimate of drug-likeness (QED) is 0.754. The highest BCUT2D eigenvalue weighted by Gasteiger charge is 2.19. The van der Waals surface area contributed by atoms with Crippen molar-refractivity contribution in [1.29, 1.82) is 0 Å². The van der Waals surface area contributed by atoms with Gasteiger partial charge in [0.25, 0.3) is 0 Å². The van der Waals surface area contributed by atoms with Gasteiger partial charge in [-0.05, 0) is 31.0 Å². The van der Waals surface area contributed by atoms with Gasteiger partial charge in [0.2, 0.25) is 5.91 Å². The van der Waals surface area contributed by atoms with E-state index in [1.807, 2.05) is 29.2 Å². The summed E-state index contributed by atoms with van der Waals surface area (Å²) in [5, 5.41) is 0. The number of carbonyl (C=O) groups excluding carboxylic acids is 1. The van der Waals surface area contributed by atoms with Crippen LogP contribution < -0.4 is 4.90 Å². The zero-order valence-corrected chi connectivity index (χ0v) is 9.46. The minimum Gasteiger partial charge on any atom is -0.312 e. The van der Waals surface area contributed by atoms with Gasteiger partial charge in [-0.25, -0.2) is 0 Å². The molecule has 2 rings (SSSR count). The Morgan fingerprint density at radius 1 is 1.29 bits per heavy atom. The van der Waals surface area contributed by atoms with Crippen LogP contribution in [0.25, 0.3) is 0 Å². The lowest BCUT2D eigenvalue weighted by molar-refractivity contribution is -0.119. The fraction of sp³-hybridized carbons (Fsp3) is 0.364. The van der Waals surface area contributed by atoms with Crippen molar-refractivity contribution in [1.82, 2.24) is 0 Å². The zero-order valence-electron chi connectivity index (χ0n) is 7.87. The average Bonchev–Trinajstić information content (AvgIpc) is 2.18. The number of rotatable bonds is 1. The summed E-state index contributed by atoms with van der Waals surface area (Å²) < 4.78 is 1.02. The molecule has 0 atom stereocenters. The largest absolute Gasteiger partial charge is 0.312 e. The summed E-state index contributed by atoms with van der Waals surface area (Å²) in [6.07, 6.45) is 2.83. The second-order valence-electron chi connectivity index (χ2n) is 3.48. The Bertz CT molecular complexity index is 351. The van der Waals surface area contributed by atoms with E-state index in [4.69, 9.17) is 0 Å². The van der Waals surface area contributed by atoms with E-state index in [1.54, 1.807) is 0 Å². The predicted molar refractivity (Wildman–Crippen MR) is 60.3 cm³/mol. The molecular weight excluding hydrogens is 242 g/mol. The minimum absolute atomic E-state index is 0.245. The molecule has 0 spiro atoms. The lowest BCUT2D eigenvalue weighted by atomic mass is 10.1. The molecule has 74 valence electrons. The summed E-state index contributed by atoms with van der Waals surface area (Å²) in [6.45, 7) is 0.856. The summed E-state index contributed by atoms with van der Waals surface area (Å²) >= 11 is 3.41. The molecule has 0 N–H and O–H groups in total. The fourth-order valence-corrected chi connectivity index (χ4v) is 2.11. The number of piperidine rings is 1. The first-order valence-corrected chi connectivity index (χ1v) is 5.62. The van der Waals surface area contributed by atoms with Gasteiger partial charge in [0.1, 0.15) is 0 Å². The lowest BCUT2D eigenvalue weighted by Crippen LogP contribution is -2.35. The maximum absolute atomic E-state index is 11.6. The van der Waals surface area contributed by atoms with Gasteiger partial charge >= 0.3 is 0 Å². The molecule has 0 unspecified atom stereocenters. The number of hydrogen-bond acceptors (Lipinski definition) is 1.